The smallest absolute Gasteiger partial charge is 0.261 e. The van der Waals surface area contributed by atoms with Gasteiger partial charge >= 0.3 is 0 Å². The largest absolute Gasteiger partial charge is 0.494 e. The van der Waals surface area contributed by atoms with Crippen molar-refractivity contribution in [1.82, 2.24) is 15.0 Å². The van der Waals surface area contributed by atoms with E-state index in [1.165, 1.54) is 12.1 Å². The number of hydrogen-bond acceptors (Lipinski definition) is 7. The van der Waals surface area contributed by atoms with Crippen molar-refractivity contribution in [2.45, 2.75) is 37.5 Å². The number of aryl methyl sites for hydroxylation is 1. The zero-order valence-corrected chi connectivity index (χ0v) is 19.3. The van der Waals surface area contributed by atoms with Gasteiger partial charge in [-0.15, -0.1) is 0 Å². The van der Waals surface area contributed by atoms with Gasteiger partial charge in [0.15, 0.2) is 5.82 Å². The lowest BCUT2D eigenvalue weighted by atomic mass is 9.96. The summed E-state index contributed by atoms with van der Waals surface area (Å²) in [4.78, 5) is 19.1. The lowest BCUT2D eigenvalue weighted by Gasteiger charge is -2.30. The molecular formula is C23H26N4O5S. The van der Waals surface area contributed by atoms with Crippen LogP contribution in [0.5, 0.6) is 5.75 Å². The number of aromatic nitrogens is 2. The van der Waals surface area contributed by atoms with Gasteiger partial charge < -0.3 is 14.2 Å². The Balaban J connectivity index is 1.43. The minimum absolute atomic E-state index is 0.0263. The molecule has 0 unspecified atom stereocenters. The van der Waals surface area contributed by atoms with Gasteiger partial charge in [0.25, 0.3) is 15.9 Å². The summed E-state index contributed by atoms with van der Waals surface area (Å²) in [5.74, 6) is 1.79. The predicted molar refractivity (Wildman–Crippen MR) is 122 cm³/mol. The molecule has 0 atom stereocenters. The first kappa shape index (κ1) is 22.8. The Hall–Kier alpha value is -3.40. The van der Waals surface area contributed by atoms with E-state index in [1.807, 2.05) is 6.92 Å². The maximum Gasteiger partial charge on any atom is 0.261 e. The Morgan fingerprint density at radius 1 is 1.18 bits per heavy atom. The van der Waals surface area contributed by atoms with Gasteiger partial charge in [-0.3, -0.25) is 9.52 Å². The fourth-order valence-corrected chi connectivity index (χ4v) is 4.89. The van der Waals surface area contributed by atoms with Gasteiger partial charge in [0.1, 0.15) is 5.75 Å². The third kappa shape index (κ3) is 5.33. The summed E-state index contributed by atoms with van der Waals surface area (Å²) in [6, 6.07) is 12.7. The number of likely N-dealkylation sites (tertiary alicyclic amines) is 1. The highest BCUT2D eigenvalue weighted by molar-refractivity contribution is 7.92. The van der Waals surface area contributed by atoms with E-state index in [-0.39, 0.29) is 16.7 Å². The van der Waals surface area contributed by atoms with Crippen molar-refractivity contribution in [3.63, 3.8) is 0 Å². The first-order chi connectivity index (χ1) is 15.9. The second-order valence-corrected chi connectivity index (χ2v) is 9.52. The van der Waals surface area contributed by atoms with Crippen molar-refractivity contribution in [2.75, 3.05) is 24.4 Å². The van der Waals surface area contributed by atoms with Crippen LogP contribution in [0.4, 0.5) is 5.69 Å². The minimum atomic E-state index is -3.86. The molecule has 1 fully saturated rings. The van der Waals surface area contributed by atoms with Crippen molar-refractivity contribution in [3.05, 3.63) is 65.8 Å². The van der Waals surface area contributed by atoms with Crippen molar-refractivity contribution in [2.24, 2.45) is 0 Å². The second-order valence-electron chi connectivity index (χ2n) is 7.84. The quantitative estimate of drug-likeness (QED) is 0.561. The monoisotopic (exact) mass is 470 g/mol. The van der Waals surface area contributed by atoms with E-state index in [2.05, 4.69) is 14.9 Å². The zero-order chi connectivity index (χ0) is 23.4. The van der Waals surface area contributed by atoms with Crippen LogP contribution >= 0.6 is 0 Å². The Bertz CT molecular complexity index is 1220. The van der Waals surface area contributed by atoms with Crippen LogP contribution in [0.25, 0.3) is 0 Å². The summed E-state index contributed by atoms with van der Waals surface area (Å²) in [5.41, 5.74) is 0.741. The SMILES string of the molecule is CCOc1ccc(NS(=O)(=O)c2cccc(C(=O)N3CCC(c4nc(C)no4)CC3)c2)cc1. The molecule has 0 spiro atoms. The Morgan fingerprint density at radius 2 is 1.91 bits per heavy atom. The fourth-order valence-electron chi connectivity index (χ4n) is 3.79. The average Bonchev–Trinajstić information content (AvgIpc) is 3.26. The average molecular weight is 471 g/mol. The van der Waals surface area contributed by atoms with Crippen LogP contribution in [0.3, 0.4) is 0 Å². The highest BCUT2D eigenvalue weighted by Gasteiger charge is 2.28. The number of sulfonamides is 1. The molecule has 0 saturated carbocycles. The van der Waals surface area contributed by atoms with Crippen molar-refractivity contribution >= 4 is 21.6 Å². The summed E-state index contributed by atoms with van der Waals surface area (Å²) in [6.07, 6.45) is 1.43. The molecule has 9 nitrogen and oxygen atoms in total. The molecule has 174 valence electrons. The van der Waals surface area contributed by atoms with Crippen LogP contribution in [0.2, 0.25) is 0 Å². The number of hydrogen-bond donors (Lipinski definition) is 1. The van der Waals surface area contributed by atoms with E-state index in [0.29, 0.717) is 61.3 Å². The summed E-state index contributed by atoms with van der Waals surface area (Å²) in [6.45, 7) is 5.25. The second kappa shape index (κ2) is 9.62. The first-order valence-corrected chi connectivity index (χ1v) is 12.3. The lowest BCUT2D eigenvalue weighted by Crippen LogP contribution is -2.38. The van der Waals surface area contributed by atoms with Crippen LogP contribution in [0.15, 0.2) is 57.9 Å². The van der Waals surface area contributed by atoms with E-state index < -0.39 is 10.0 Å². The van der Waals surface area contributed by atoms with E-state index >= 15 is 0 Å². The summed E-state index contributed by atoms with van der Waals surface area (Å²) in [5, 5.41) is 3.83. The van der Waals surface area contributed by atoms with E-state index in [9.17, 15) is 13.2 Å². The third-order valence-corrected chi connectivity index (χ3v) is 6.86. The molecule has 4 rings (SSSR count). The highest BCUT2D eigenvalue weighted by atomic mass is 32.2. The third-order valence-electron chi connectivity index (χ3n) is 5.48. The van der Waals surface area contributed by atoms with Gasteiger partial charge in [-0.2, -0.15) is 4.98 Å². The molecule has 1 amide bonds. The Morgan fingerprint density at radius 3 is 2.55 bits per heavy atom. The number of ether oxygens (including phenoxy) is 1. The number of piperidine rings is 1. The zero-order valence-electron chi connectivity index (χ0n) is 18.5. The van der Waals surface area contributed by atoms with E-state index in [4.69, 9.17) is 9.26 Å². The normalized spacial score (nSPS) is 14.8. The molecule has 2 aromatic carbocycles. The molecule has 1 aliphatic rings. The molecule has 1 saturated heterocycles. The molecule has 33 heavy (non-hydrogen) atoms. The highest BCUT2D eigenvalue weighted by Crippen LogP contribution is 2.28. The van der Waals surface area contributed by atoms with Crippen molar-refractivity contribution in [1.29, 1.82) is 0 Å². The minimum Gasteiger partial charge on any atom is -0.494 e. The van der Waals surface area contributed by atoms with Gasteiger partial charge in [-0.05, 0) is 69.2 Å². The number of carbonyl (C=O) groups excluding carboxylic acids is 1. The van der Waals surface area contributed by atoms with Crippen LogP contribution in [0.1, 0.15) is 47.8 Å². The van der Waals surface area contributed by atoms with Crippen LogP contribution < -0.4 is 9.46 Å². The van der Waals surface area contributed by atoms with Crippen LogP contribution in [0, 0.1) is 6.92 Å². The molecule has 0 aliphatic carbocycles. The summed E-state index contributed by atoms with van der Waals surface area (Å²) < 4.78 is 38.9. The van der Waals surface area contributed by atoms with Gasteiger partial charge in [0, 0.05) is 30.3 Å². The topological polar surface area (TPSA) is 115 Å². The standard InChI is InChI=1S/C23H26N4O5S/c1-3-31-20-9-7-19(8-10-20)26-33(29,30)21-6-4-5-18(15-21)23(28)27-13-11-17(12-14-27)22-24-16(2)25-32-22/h4-10,15,17,26H,3,11-14H2,1-2H3. The molecule has 0 radical (unpaired) electrons. The van der Waals surface area contributed by atoms with Crippen molar-refractivity contribution < 1.29 is 22.5 Å². The Labute approximate surface area is 192 Å². The summed E-state index contributed by atoms with van der Waals surface area (Å²) >= 11 is 0. The number of carbonyl (C=O) groups is 1. The molecule has 10 heteroatoms. The molecule has 0 bridgehead atoms. The number of nitrogens with one attached hydrogen (secondary N) is 1. The van der Waals surface area contributed by atoms with Gasteiger partial charge in [-0.1, -0.05) is 11.2 Å². The van der Waals surface area contributed by atoms with E-state index in [0.717, 1.165) is 0 Å². The maximum absolute atomic E-state index is 13.0. The summed E-state index contributed by atoms with van der Waals surface area (Å²) in [7, 11) is -3.86. The van der Waals surface area contributed by atoms with Crippen molar-refractivity contribution in [3.8, 4) is 5.75 Å². The molecular weight excluding hydrogens is 444 g/mol. The number of benzene rings is 2. The fraction of sp³-hybridized carbons (Fsp3) is 0.348. The lowest BCUT2D eigenvalue weighted by molar-refractivity contribution is 0.0704. The van der Waals surface area contributed by atoms with Gasteiger partial charge in [0.05, 0.1) is 11.5 Å². The molecule has 1 aromatic heterocycles. The maximum atomic E-state index is 13.0. The number of nitrogens with zero attached hydrogens (tertiary/aromatic N) is 3. The molecule has 2 heterocycles. The van der Waals surface area contributed by atoms with Crippen LogP contribution in [-0.2, 0) is 10.0 Å². The molecule has 1 N–H and O–H groups in total. The van der Waals surface area contributed by atoms with Gasteiger partial charge in [0.2, 0.25) is 5.89 Å². The first-order valence-electron chi connectivity index (χ1n) is 10.8. The molecule has 3 aromatic rings. The van der Waals surface area contributed by atoms with E-state index in [1.54, 1.807) is 48.2 Å². The number of anilines is 1. The predicted octanol–water partition coefficient (Wildman–Crippen LogP) is 3.60. The van der Waals surface area contributed by atoms with Crippen LogP contribution in [-0.4, -0.2) is 49.1 Å². The number of rotatable bonds is 7. The molecule has 1 aliphatic heterocycles. The van der Waals surface area contributed by atoms with Gasteiger partial charge in [-0.25, -0.2) is 8.42 Å². The Kier molecular flexibility index (Phi) is 6.64. The number of amides is 1.